The van der Waals surface area contributed by atoms with Crippen molar-refractivity contribution < 1.29 is 0 Å². The van der Waals surface area contributed by atoms with Gasteiger partial charge in [0, 0.05) is 25.4 Å². The number of nitrogens with zero attached hydrogens (tertiary/aromatic N) is 7. The Labute approximate surface area is 130 Å². The molecule has 3 rings (SSSR count). The van der Waals surface area contributed by atoms with Gasteiger partial charge in [-0.3, -0.25) is 4.98 Å². The standard InChI is InChI=1S/C12H13N7S2/c1-7(2)9-15-12(21-18-9)20-11-17-16-10(19(11)3)8-6-13-4-5-14-8/h4-7H,1-3H3. The lowest BCUT2D eigenvalue weighted by Crippen LogP contribution is -1.96. The summed E-state index contributed by atoms with van der Waals surface area (Å²) in [5.74, 6) is 1.86. The SMILES string of the molecule is CC(C)c1nsc(Sc2nnc(-c3cnccn3)n2C)n1. The minimum atomic E-state index is 0.324. The lowest BCUT2D eigenvalue weighted by Gasteiger charge is -2.00. The Bertz CT molecular complexity index is 735. The monoisotopic (exact) mass is 319 g/mol. The summed E-state index contributed by atoms with van der Waals surface area (Å²) in [7, 11) is 1.90. The van der Waals surface area contributed by atoms with Gasteiger partial charge >= 0.3 is 0 Å². The van der Waals surface area contributed by atoms with Crippen molar-refractivity contribution in [1.82, 2.24) is 34.1 Å². The van der Waals surface area contributed by atoms with Crippen molar-refractivity contribution in [3.63, 3.8) is 0 Å². The van der Waals surface area contributed by atoms with Gasteiger partial charge in [0.1, 0.15) is 11.5 Å². The van der Waals surface area contributed by atoms with Gasteiger partial charge < -0.3 is 4.57 Å². The Morgan fingerprint density at radius 2 is 2.10 bits per heavy atom. The van der Waals surface area contributed by atoms with Crippen LogP contribution >= 0.6 is 23.3 Å². The first-order valence-corrected chi connectivity index (χ1v) is 7.91. The van der Waals surface area contributed by atoms with Crippen LogP contribution in [0, 0.1) is 0 Å². The number of hydrogen-bond acceptors (Lipinski definition) is 8. The summed E-state index contributed by atoms with van der Waals surface area (Å²) in [5.41, 5.74) is 0.694. The highest BCUT2D eigenvalue weighted by Crippen LogP contribution is 2.30. The minimum absolute atomic E-state index is 0.324. The van der Waals surface area contributed by atoms with Gasteiger partial charge in [-0.05, 0) is 23.3 Å². The average molecular weight is 319 g/mol. The van der Waals surface area contributed by atoms with E-state index in [-0.39, 0.29) is 0 Å². The number of aromatic nitrogens is 7. The molecule has 0 radical (unpaired) electrons. The van der Waals surface area contributed by atoms with Crippen LogP contribution in [0.25, 0.3) is 11.5 Å². The van der Waals surface area contributed by atoms with Crippen molar-refractivity contribution in [1.29, 1.82) is 0 Å². The lowest BCUT2D eigenvalue weighted by atomic mass is 10.2. The Kier molecular flexibility index (Phi) is 3.93. The maximum Gasteiger partial charge on any atom is 0.198 e. The Hall–Kier alpha value is -1.87. The van der Waals surface area contributed by atoms with E-state index in [1.807, 2.05) is 11.6 Å². The first-order valence-electron chi connectivity index (χ1n) is 6.32. The maximum absolute atomic E-state index is 4.49. The molecule has 3 heterocycles. The second-order valence-electron chi connectivity index (χ2n) is 4.63. The van der Waals surface area contributed by atoms with Crippen LogP contribution in [0.1, 0.15) is 25.6 Å². The van der Waals surface area contributed by atoms with Gasteiger partial charge in [-0.25, -0.2) is 9.97 Å². The average Bonchev–Trinajstić information content (AvgIpc) is 3.09. The van der Waals surface area contributed by atoms with E-state index in [0.717, 1.165) is 15.3 Å². The highest BCUT2D eigenvalue weighted by Gasteiger charge is 2.15. The molecule has 0 aliphatic carbocycles. The molecule has 0 aliphatic rings. The predicted molar refractivity (Wildman–Crippen MR) is 80.2 cm³/mol. The fourth-order valence-corrected chi connectivity index (χ4v) is 3.26. The summed E-state index contributed by atoms with van der Waals surface area (Å²) in [5, 5.41) is 9.11. The van der Waals surface area contributed by atoms with E-state index >= 15 is 0 Å². The topological polar surface area (TPSA) is 82.3 Å². The van der Waals surface area contributed by atoms with Crippen molar-refractivity contribution in [2.75, 3.05) is 0 Å². The van der Waals surface area contributed by atoms with Crippen LogP contribution in [0.15, 0.2) is 28.1 Å². The van der Waals surface area contributed by atoms with Crippen LogP contribution in [-0.4, -0.2) is 34.1 Å². The summed E-state index contributed by atoms with van der Waals surface area (Å²) in [6.07, 6.45) is 4.93. The van der Waals surface area contributed by atoms with Gasteiger partial charge in [-0.1, -0.05) is 13.8 Å². The van der Waals surface area contributed by atoms with Crippen LogP contribution in [0.5, 0.6) is 0 Å². The molecule has 0 N–H and O–H groups in total. The molecule has 21 heavy (non-hydrogen) atoms. The zero-order valence-electron chi connectivity index (χ0n) is 11.8. The number of rotatable bonds is 4. The first-order chi connectivity index (χ1) is 10.1. The van der Waals surface area contributed by atoms with Crippen molar-refractivity contribution in [2.24, 2.45) is 7.05 Å². The quantitative estimate of drug-likeness (QED) is 0.730. The largest absolute Gasteiger partial charge is 0.303 e. The summed E-state index contributed by atoms with van der Waals surface area (Å²) in [6.45, 7) is 4.15. The first kappa shape index (κ1) is 14.1. The summed E-state index contributed by atoms with van der Waals surface area (Å²) >= 11 is 2.83. The highest BCUT2D eigenvalue weighted by molar-refractivity contribution is 8.00. The lowest BCUT2D eigenvalue weighted by molar-refractivity contribution is 0.781. The predicted octanol–water partition coefficient (Wildman–Crippen LogP) is 2.40. The van der Waals surface area contributed by atoms with Crippen molar-refractivity contribution in [3.8, 4) is 11.5 Å². The molecule has 7 nitrogen and oxygen atoms in total. The van der Waals surface area contributed by atoms with Gasteiger partial charge in [0.25, 0.3) is 0 Å². The van der Waals surface area contributed by atoms with Gasteiger partial charge in [0.2, 0.25) is 0 Å². The van der Waals surface area contributed by atoms with Crippen LogP contribution in [0.3, 0.4) is 0 Å². The van der Waals surface area contributed by atoms with E-state index in [2.05, 4.69) is 43.4 Å². The highest BCUT2D eigenvalue weighted by atomic mass is 32.2. The fourth-order valence-electron chi connectivity index (χ4n) is 1.62. The van der Waals surface area contributed by atoms with Gasteiger partial charge in [0.05, 0.1) is 6.20 Å². The third kappa shape index (κ3) is 2.93. The molecule has 3 aromatic rings. The number of hydrogen-bond donors (Lipinski definition) is 0. The van der Waals surface area contributed by atoms with E-state index in [1.165, 1.54) is 23.3 Å². The van der Waals surface area contributed by atoms with Gasteiger partial charge in [-0.15, -0.1) is 10.2 Å². The molecule has 3 aromatic heterocycles. The summed E-state index contributed by atoms with van der Waals surface area (Å²) in [6, 6.07) is 0. The van der Waals surface area contributed by atoms with E-state index in [1.54, 1.807) is 18.6 Å². The molecule has 0 aliphatic heterocycles. The van der Waals surface area contributed by atoms with Crippen molar-refractivity contribution >= 4 is 23.3 Å². The third-order valence-corrected chi connectivity index (χ3v) is 4.55. The Morgan fingerprint density at radius 1 is 1.24 bits per heavy atom. The zero-order valence-corrected chi connectivity index (χ0v) is 13.4. The Morgan fingerprint density at radius 3 is 2.76 bits per heavy atom. The van der Waals surface area contributed by atoms with Gasteiger partial charge in [-0.2, -0.15) is 4.37 Å². The minimum Gasteiger partial charge on any atom is -0.303 e. The van der Waals surface area contributed by atoms with E-state index in [0.29, 0.717) is 17.4 Å². The third-order valence-electron chi connectivity index (χ3n) is 2.75. The van der Waals surface area contributed by atoms with Crippen LogP contribution in [0.2, 0.25) is 0 Å². The molecule has 0 fully saturated rings. The molecule has 0 saturated heterocycles. The zero-order chi connectivity index (χ0) is 14.8. The molecule has 0 amide bonds. The smallest absolute Gasteiger partial charge is 0.198 e. The molecule has 0 atom stereocenters. The molecule has 0 aromatic carbocycles. The van der Waals surface area contributed by atoms with Crippen LogP contribution in [-0.2, 0) is 7.05 Å². The van der Waals surface area contributed by atoms with E-state index in [9.17, 15) is 0 Å². The molecule has 0 saturated carbocycles. The fraction of sp³-hybridized carbons (Fsp3) is 0.333. The van der Waals surface area contributed by atoms with Crippen molar-refractivity contribution in [3.05, 3.63) is 24.4 Å². The Balaban J connectivity index is 1.85. The van der Waals surface area contributed by atoms with E-state index < -0.39 is 0 Å². The molecule has 9 heteroatoms. The maximum atomic E-state index is 4.49. The molecule has 0 spiro atoms. The second-order valence-corrected chi connectivity index (χ2v) is 6.60. The molecule has 0 bridgehead atoms. The van der Waals surface area contributed by atoms with Crippen LogP contribution in [0.4, 0.5) is 0 Å². The molecule has 108 valence electrons. The van der Waals surface area contributed by atoms with Crippen LogP contribution < -0.4 is 0 Å². The molecule has 0 unspecified atom stereocenters. The summed E-state index contributed by atoms with van der Waals surface area (Å²) < 4.78 is 7.08. The molecular weight excluding hydrogens is 306 g/mol. The van der Waals surface area contributed by atoms with Gasteiger partial charge in [0.15, 0.2) is 15.3 Å². The second kappa shape index (κ2) is 5.86. The van der Waals surface area contributed by atoms with E-state index in [4.69, 9.17) is 0 Å². The molecular formula is C12H13N7S2. The van der Waals surface area contributed by atoms with Crippen molar-refractivity contribution in [2.45, 2.75) is 29.3 Å². The summed E-state index contributed by atoms with van der Waals surface area (Å²) in [4.78, 5) is 12.8. The normalized spacial score (nSPS) is 11.2.